The molecule has 0 rings (SSSR count). The van der Waals surface area contributed by atoms with Crippen molar-refractivity contribution in [2.75, 3.05) is 18.5 Å². The van der Waals surface area contributed by atoms with Crippen molar-refractivity contribution in [3.8, 4) is 0 Å². The van der Waals surface area contributed by atoms with E-state index in [2.05, 4.69) is 121 Å². The van der Waals surface area contributed by atoms with Gasteiger partial charge in [0, 0.05) is 46.6 Å². The summed E-state index contributed by atoms with van der Waals surface area (Å²) in [5.74, 6) is -1.53. The van der Waals surface area contributed by atoms with Crippen LogP contribution in [0.1, 0.15) is 39.5 Å². The van der Waals surface area contributed by atoms with Gasteiger partial charge < -0.3 is 33.4 Å². The molecule has 0 aromatic carbocycles. The predicted molar refractivity (Wildman–Crippen MR) is 220 cm³/mol. The van der Waals surface area contributed by atoms with Crippen LogP contribution in [0, 0.1) is 6.92 Å². The van der Waals surface area contributed by atoms with Crippen molar-refractivity contribution in [3.05, 3.63) is 69.0 Å². The van der Waals surface area contributed by atoms with E-state index in [1.54, 1.807) is 0 Å². The molecule has 0 saturated heterocycles. The van der Waals surface area contributed by atoms with Gasteiger partial charge in [0.05, 0.1) is 29.1 Å². The van der Waals surface area contributed by atoms with Crippen LogP contribution in [-0.2, 0) is 4.43 Å². The summed E-state index contributed by atoms with van der Waals surface area (Å²) in [5.41, 5.74) is 0. The zero-order valence-corrected chi connectivity index (χ0v) is 40.6. The Bertz CT molecular complexity index is 694. The second kappa shape index (κ2) is 51.8. The van der Waals surface area contributed by atoms with Crippen LogP contribution in [0.25, 0.3) is 0 Å². The number of rotatable bonds is 12. The molecule has 0 aliphatic carbocycles. The molecular formula is C31H67Br2Cl2F5MgO2Si4. The zero-order chi connectivity index (χ0) is 37.1. The summed E-state index contributed by atoms with van der Waals surface area (Å²) in [5, 5.41) is 8.60. The average molecular weight is 934 g/mol. The molecule has 0 spiro atoms. The molecule has 284 valence electrons. The van der Waals surface area contributed by atoms with E-state index in [4.69, 9.17) is 31.7 Å². The number of allylic oxidation sites excluding steroid dienone is 3. The van der Waals surface area contributed by atoms with Gasteiger partial charge in [-0.3, -0.25) is 0 Å². The van der Waals surface area contributed by atoms with E-state index in [0.29, 0.717) is 31.2 Å². The molecule has 0 heterocycles. The molecular weight excluding hydrogens is 867 g/mol. The number of aliphatic hydroxyl groups is 1. The van der Waals surface area contributed by atoms with Gasteiger partial charge in [-0.2, -0.15) is 22.2 Å². The molecule has 0 bridgehead atoms. The van der Waals surface area contributed by atoms with Crippen LogP contribution >= 0.6 is 38.1 Å². The first kappa shape index (κ1) is 73.8. The summed E-state index contributed by atoms with van der Waals surface area (Å²) in [6, 6.07) is 1.05. The second-order valence-electron chi connectivity index (χ2n) is 11.5. The van der Waals surface area contributed by atoms with Crippen molar-refractivity contribution in [3.63, 3.8) is 0 Å². The number of alkyl halides is 1. The Labute approximate surface area is 338 Å². The summed E-state index contributed by atoms with van der Waals surface area (Å²) in [7, 11) is -3.76. The van der Waals surface area contributed by atoms with Crippen LogP contribution in [0.4, 0.5) is 22.0 Å². The fraction of sp³-hybridized carbons (Fsp3) is 0.645. The van der Waals surface area contributed by atoms with Gasteiger partial charge in [0.1, 0.15) is 15.5 Å². The monoisotopic (exact) mass is 930 g/mol. The Morgan fingerprint density at radius 3 is 1.13 bits per heavy atom. The first-order chi connectivity index (χ1) is 19.6. The third-order valence-electron chi connectivity index (χ3n) is 2.92. The van der Waals surface area contributed by atoms with Gasteiger partial charge in [-0.15, -0.1) is 6.42 Å². The molecule has 0 aromatic rings. The van der Waals surface area contributed by atoms with Crippen LogP contribution in [-0.4, -0.2) is 79.3 Å². The van der Waals surface area contributed by atoms with Crippen molar-refractivity contribution >= 4 is 93.7 Å². The molecule has 0 amide bonds. The molecule has 2 nitrogen and oxygen atoms in total. The predicted octanol–water partition coefficient (Wildman–Crippen LogP) is 10.4. The molecule has 0 fully saturated rings. The minimum Gasteiger partial charge on any atom is -1.00 e. The quantitative estimate of drug-likeness (QED) is 0.0695. The standard InChI is InChI=1S/C7H15FOSi.C6H13FSi.C4H6BrF.C4H7FO.C4H6F.C3H9ClSi.C2H7ClSi.CH4.BrH.Mg/c1-7(8)5-6-9-10(2,3)4;1-6(7)4-5-8(2)3;1-4(6)2-3-5;1-4(5)2-3-6;1-3-4(2)5;1-5(2,3)4;1-4(2)3;;;/h1,5-6H2,2-4H3;8H,1,4-5H2,2-3H3;1-3H2;6H,1-3H2;1-3H2;1-3H3;4H,1-2H3;1H4;1H;/q;;;;-1;;;;;+2/p-1. The Hall–Kier alpha value is 1.44. The molecule has 16 heteroatoms. The van der Waals surface area contributed by atoms with Crippen molar-refractivity contribution in [1.82, 2.24) is 0 Å². The molecule has 0 atom stereocenters. The zero-order valence-electron chi connectivity index (χ0n) is 30.2. The molecule has 0 saturated carbocycles. The minimum absolute atomic E-state index is 0. The third-order valence-corrected chi connectivity index (χ3v) is 5.83. The summed E-state index contributed by atoms with van der Waals surface area (Å²) in [4.78, 5) is 0. The maximum Gasteiger partial charge on any atom is 2.00 e. The Morgan fingerprint density at radius 1 is 0.766 bits per heavy atom. The molecule has 0 aliphatic heterocycles. The Morgan fingerprint density at radius 2 is 1.04 bits per heavy atom. The third kappa shape index (κ3) is 213. The second-order valence-corrected chi connectivity index (χ2v) is 32.3. The topological polar surface area (TPSA) is 29.5 Å². The Kier molecular flexibility index (Phi) is 81.3. The summed E-state index contributed by atoms with van der Waals surface area (Å²) in [6.07, 6.45) is 1.62. The van der Waals surface area contributed by atoms with Gasteiger partial charge in [-0.05, 0) is 26.1 Å². The Balaban J connectivity index is -0.0000000429. The van der Waals surface area contributed by atoms with E-state index in [0.717, 1.165) is 6.04 Å². The maximum absolute atomic E-state index is 12.0. The average Bonchev–Trinajstić information content (AvgIpc) is 2.76. The summed E-state index contributed by atoms with van der Waals surface area (Å²) in [6.45, 7) is 39.9. The van der Waals surface area contributed by atoms with Gasteiger partial charge in [-0.25, -0.2) is 22.0 Å². The number of hydrogen-bond acceptors (Lipinski definition) is 2. The van der Waals surface area contributed by atoms with E-state index in [1.165, 1.54) is 0 Å². The molecule has 0 unspecified atom stereocenters. The van der Waals surface area contributed by atoms with Gasteiger partial charge in [-0.1, -0.05) is 108 Å². The van der Waals surface area contributed by atoms with Crippen molar-refractivity contribution in [2.45, 2.75) is 111 Å². The smallest absolute Gasteiger partial charge is 1.00 e. The van der Waals surface area contributed by atoms with Gasteiger partial charge in [0.15, 0.2) is 8.32 Å². The first-order valence-electron chi connectivity index (χ1n) is 14.2. The summed E-state index contributed by atoms with van der Waals surface area (Å²) < 4.78 is 63.3. The van der Waals surface area contributed by atoms with Crippen molar-refractivity contribution in [2.24, 2.45) is 0 Å². The fourth-order valence-corrected chi connectivity index (χ4v) is 3.17. The largest absolute Gasteiger partial charge is 2.00 e. The van der Waals surface area contributed by atoms with Gasteiger partial charge >= 0.3 is 23.1 Å². The van der Waals surface area contributed by atoms with Crippen molar-refractivity contribution < 1.29 is 48.5 Å². The van der Waals surface area contributed by atoms with Crippen LogP contribution in [0.5, 0.6) is 0 Å². The molecule has 0 radical (unpaired) electrons. The van der Waals surface area contributed by atoms with Crippen LogP contribution in [0.3, 0.4) is 0 Å². The van der Waals surface area contributed by atoms with Crippen LogP contribution in [0.15, 0.2) is 62.0 Å². The van der Waals surface area contributed by atoms with Crippen LogP contribution < -0.4 is 17.0 Å². The maximum atomic E-state index is 12.0. The molecule has 0 aromatic heterocycles. The molecule has 47 heavy (non-hydrogen) atoms. The molecule has 0 aliphatic rings. The van der Waals surface area contributed by atoms with Gasteiger partial charge in [0.2, 0.25) is 0 Å². The van der Waals surface area contributed by atoms with Crippen LogP contribution in [0.2, 0.25) is 71.5 Å². The summed E-state index contributed by atoms with van der Waals surface area (Å²) >= 11 is 14.1. The van der Waals surface area contributed by atoms with E-state index in [9.17, 15) is 22.0 Å². The number of aliphatic hydroxyl groups excluding tert-OH is 1. The first-order valence-corrected chi connectivity index (χ1v) is 30.4. The molecule has 1 N–H and O–H groups in total. The number of halogens is 9. The van der Waals surface area contributed by atoms with Crippen molar-refractivity contribution in [1.29, 1.82) is 0 Å². The van der Waals surface area contributed by atoms with Gasteiger partial charge in [0.25, 0.3) is 0 Å². The normalized spacial score (nSPS) is 9.15. The fourth-order valence-electron chi connectivity index (χ4n) is 1.14. The van der Waals surface area contributed by atoms with E-state index >= 15 is 0 Å². The minimum atomic E-state index is -1.43. The van der Waals surface area contributed by atoms with E-state index in [1.807, 2.05) is 0 Å². The van der Waals surface area contributed by atoms with E-state index < -0.39 is 38.4 Å². The SMILES string of the molecule is C.C=C(F)CCBr.C=C(F)CCO.C=C(F)CCO[Si](C)(C)C.C=C(F)CC[SiH](C)C.C=C(F)C[CH2-].C[SiH](C)Cl.C[Si](C)(C)Cl.[Br-].[Mg+2]. The van der Waals surface area contributed by atoms with E-state index in [-0.39, 0.29) is 90.2 Å². The number of hydrogen-bond donors (Lipinski definition) is 1.